The molecule has 0 amide bonds. The van der Waals surface area contributed by atoms with E-state index >= 15 is 0 Å². The topological polar surface area (TPSA) is 23.5 Å². The lowest BCUT2D eigenvalue weighted by Crippen LogP contribution is -2.21. The highest BCUT2D eigenvalue weighted by Gasteiger charge is 2.40. The third-order valence-corrected chi connectivity index (χ3v) is 3.99. The van der Waals surface area contributed by atoms with Gasteiger partial charge >= 0.3 is 0 Å². The molecule has 0 spiro atoms. The van der Waals surface area contributed by atoms with Gasteiger partial charge in [-0.3, -0.25) is 0 Å². The molecular formula is C13H17NO. The molecule has 1 saturated heterocycles. The van der Waals surface area contributed by atoms with E-state index in [0.717, 1.165) is 25.4 Å². The first kappa shape index (κ1) is 9.22. The molecule has 1 N–H and O–H groups in total. The van der Waals surface area contributed by atoms with Gasteiger partial charge in [0.1, 0.15) is 5.75 Å². The standard InChI is InChI=1S/C13H17NO/c1-2-14-7-10-6-9-4-3-5-12(15)13(9)11(10)8-14/h3-5,10-11,15H,2,6-8H2,1H3. The summed E-state index contributed by atoms with van der Waals surface area (Å²) in [4.78, 5) is 2.49. The van der Waals surface area contributed by atoms with Crippen LogP contribution in [0.25, 0.3) is 0 Å². The van der Waals surface area contributed by atoms with Crippen molar-refractivity contribution in [1.82, 2.24) is 4.90 Å². The van der Waals surface area contributed by atoms with Crippen LogP contribution in [0.15, 0.2) is 18.2 Å². The first-order valence-electron chi connectivity index (χ1n) is 5.82. The fraction of sp³-hybridized carbons (Fsp3) is 0.538. The maximum absolute atomic E-state index is 9.92. The Kier molecular flexibility index (Phi) is 1.99. The minimum atomic E-state index is 0.512. The highest BCUT2D eigenvalue weighted by atomic mass is 16.3. The molecule has 2 atom stereocenters. The van der Waals surface area contributed by atoms with E-state index < -0.39 is 0 Å². The van der Waals surface area contributed by atoms with Crippen molar-refractivity contribution in [2.45, 2.75) is 19.3 Å². The number of likely N-dealkylation sites (N-methyl/N-ethyl adjacent to an activating group) is 1. The van der Waals surface area contributed by atoms with Gasteiger partial charge in [0.15, 0.2) is 0 Å². The summed E-state index contributed by atoms with van der Waals surface area (Å²) >= 11 is 0. The zero-order chi connectivity index (χ0) is 10.4. The van der Waals surface area contributed by atoms with Gasteiger partial charge in [-0.25, -0.2) is 0 Å². The highest BCUT2D eigenvalue weighted by Crippen LogP contribution is 2.46. The number of benzene rings is 1. The number of likely N-dealkylation sites (tertiary alicyclic amines) is 1. The molecule has 1 aromatic rings. The Labute approximate surface area is 90.5 Å². The molecule has 80 valence electrons. The van der Waals surface area contributed by atoms with Crippen molar-refractivity contribution in [2.75, 3.05) is 19.6 Å². The Balaban J connectivity index is 1.98. The number of fused-ring (bicyclic) bond motifs is 3. The van der Waals surface area contributed by atoms with Crippen LogP contribution in [-0.4, -0.2) is 29.6 Å². The third-order valence-electron chi connectivity index (χ3n) is 3.99. The van der Waals surface area contributed by atoms with Gasteiger partial charge in [-0.15, -0.1) is 0 Å². The molecule has 2 nitrogen and oxygen atoms in total. The average molecular weight is 203 g/mol. The number of hydrogen-bond acceptors (Lipinski definition) is 2. The normalized spacial score (nSPS) is 29.1. The summed E-state index contributed by atoms with van der Waals surface area (Å²) in [5.74, 6) is 1.84. The summed E-state index contributed by atoms with van der Waals surface area (Å²) in [6.45, 7) is 5.68. The molecule has 3 rings (SSSR count). The SMILES string of the molecule is CCN1CC2Cc3cccc(O)c3C2C1. The van der Waals surface area contributed by atoms with E-state index in [2.05, 4.69) is 17.9 Å². The van der Waals surface area contributed by atoms with Gasteiger partial charge in [-0.1, -0.05) is 19.1 Å². The molecule has 0 bridgehead atoms. The summed E-state index contributed by atoms with van der Waals surface area (Å²) in [6, 6.07) is 5.96. The summed E-state index contributed by atoms with van der Waals surface area (Å²) in [5.41, 5.74) is 2.61. The molecule has 0 aromatic heterocycles. The van der Waals surface area contributed by atoms with Crippen molar-refractivity contribution < 1.29 is 5.11 Å². The van der Waals surface area contributed by atoms with Crippen LogP contribution in [0.3, 0.4) is 0 Å². The Hall–Kier alpha value is -1.02. The zero-order valence-electron chi connectivity index (χ0n) is 9.11. The number of hydrogen-bond donors (Lipinski definition) is 1. The van der Waals surface area contributed by atoms with Gasteiger partial charge in [0.2, 0.25) is 0 Å². The molecule has 2 heteroatoms. The van der Waals surface area contributed by atoms with E-state index in [0.29, 0.717) is 11.7 Å². The molecule has 1 aliphatic carbocycles. The molecule has 1 fully saturated rings. The summed E-state index contributed by atoms with van der Waals surface area (Å²) in [5, 5.41) is 9.92. The molecule has 15 heavy (non-hydrogen) atoms. The molecule has 2 unspecified atom stereocenters. The molecule has 0 saturated carbocycles. The largest absolute Gasteiger partial charge is 0.508 e. The maximum Gasteiger partial charge on any atom is 0.119 e. The molecule has 1 aliphatic heterocycles. The van der Waals surface area contributed by atoms with Crippen LogP contribution >= 0.6 is 0 Å². The molecule has 0 radical (unpaired) electrons. The van der Waals surface area contributed by atoms with Gasteiger partial charge in [-0.2, -0.15) is 0 Å². The molecule has 2 aliphatic rings. The predicted molar refractivity (Wildman–Crippen MR) is 60.2 cm³/mol. The lowest BCUT2D eigenvalue weighted by Gasteiger charge is -2.14. The number of phenolic OH excluding ortho intramolecular Hbond substituents is 1. The van der Waals surface area contributed by atoms with Crippen LogP contribution in [0.5, 0.6) is 5.75 Å². The lowest BCUT2D eigenvalue weighted by molar-refractivity contribution is 0.339. The molecule has 1 aromatic carbocycles. The van der Waals surface area contributed by atoms with Gasteiger partial charge in [0.25, 0.3) is 0 Å². The second-order valence-electron chi connectivity index (χ2n) is 4.77. The smallest absolute Gasteiger partial charge is 0.119 e. The minimum Gasteiger partial charge on any atom is -0.508 e. The van der Waals surface area contributed by atoms with E-state index in [-0.39, 0.29) is 0 Å². The van der Waals surface area contributed by atoms with Crippen molar-refractivity contribution in [3.63, 3.8) is 0 Å². The van der Waals surface area contributed by atoms with Crippen molar-refractivity contribution >= 4 is 0 Å². The molecular weight excluding hydrogens is 186 g/mol. The monoisotopic (exact) mass is 203 g/mol. The van der Waals surface area contributed by atoms with Crippen molar-refractivity contribution in [1.29, 1.82) is 0 Å². The van der Waals surface area contributed by atoms with Gasteiger partial charge in [0, 0.05) is 24.6 Å². The van der Waals surface area contributed by atoms with Crippen LogP contribution in [0.4, 0.5) is 0 Å². The Morgan fingerprint density at radius 2 is 2.27 bits per heavy atom. The van der Waals surface area contributed by atoms with Crippen molar-refractivity contribution in [2.24, 2.45) is 5.92 Å². The van der Waals surface area contributed by atoms with Crippen molar-refractivity contribution in [3.05, 3.63) is 29.3 Å². The van der Waals surface area contributed by atoms with E-state index in [9.17, 15) is 5.11 Å². The van der Waals surface area contributed by atoms with Crippen LogP contribution in [-0.2, 0) is 6.42 Å². The summed E-state index contributed by atoms with van der Waals surface area (Å²) < 4.78 is 0. The second kappa shape index (κ2) is 3.24. The van der Waals surface area contributed by atoms with Crippen molar-refractivity contribution in [3.8, 4) is 5.75 Å². The Morgan fingerprint density at radius 1 is 1.40 bits per heavy atom. The van der Waals surface area contributed by atoms with E-state index in [1.54, 1.807) is 0 Å². The van der Waals surface area contributed by atoms with Gasteiger partial charge in [-0.05, 0) is 30.5 Å². The fourth-order valence-corrected chi connectivity index (χ4v) is 3.24. The second-order valence-corrected chi connectivity index (χ2v) is 4.77. The van der Waals surface area contributed by atoms with Gasteiger partial charge < -0.3 is 10.0 Å². The predicted octanol–water partition coefficient (Wildman–Crippen LogP) is 1.98. The van der Waals surface area contributed by atoms with Crippen LogP contribution in [0, 0.1) is 5.92 Å². The molecule has 1 heterocycles. The summed E-state index contributed by atoms with van der Waals surface area (Å²) in [7, 11) is 0. The maximum atomic E-state index is 9.92. The lowest BCUT2D eigenvalue weighted by atomic mass is 9.96. The number of aromatic hydroxyl groups is 1. The highest BCUT2D eigenvalue weighted by molar-refractivity contribution is 5.47. The Bertz CT molecular complexity index is 388. The average Bonchev–Trinajstić information content (AvgIpc) is 2.73. The first-order valence-corrected chi connectivity index (χ1v) is 5.82. The van der Waals surface area contributed by atoms with Crippen LogP contribution in [0.2, 0.25) is 0 Å². The first-order chi connectivity index (χ1) is 7.29. The van der Waals surface area contributed by atoms with E-state index in [4.69, 9.17) is 0 Å². The number of nitrogens with zero attached hydrogens (tertiary/aromatic N) is 1. The zero-order valence-corrected chi connectivity index (χ0v) is 9.11. The van der Waals surface area contributed by atoms with E-state index in [1.807, 2.05) is 12.1 Å². The van der Waals surface area contributed by atoms with E-state index in [1.165, 1.54) is 17.7 Å². The number of phenols is 1. The van der Waals surface area contributed by atoms with Crippen LogP contribution < -0.4 is 0 Å². The van der Waals surface area contributed by atoms with Crippen LogP contribution in [0.1, 0.15) is 24.0 Å². The third kappa shape index (κ3) is 1.28. The minimum absolute atomic E-state index is 0.512. The Morgan fingerprint density at radius 3 is 3.07 bits per heavy atom. The van der Waals surface area contributed by atoms with Gasteiger partial charge in [0.05, 0.1) is 0 Å². The number of rotatable bonds is 1. The summed E-state index contributed by atoms with van der Waals surface area (Å²) in [6.07, 6.45) is 1.16. The fourth-order valence-electron chi connectivity index (χ4n) is 3.24. The quantitative estimate of drug-likeness (QED) is 0.754.